The van der Waals surface area contributed by atoms with E-state index in [1.54, 1.807) is 26.0 Å². The number of alkyl carbamates (subject to hydrolysis) is 1. The Labute approximate surface area is 258 Å². The van der Waals surface area contributed by atoms with Crippen LogP contribution in [0.5, 0.6) is 0 Å². The number of urea groups is 1. The molecule has 17 nitrogen and oxygen atoms in total. The van der Waals surface area contributed by atoms with Crippen LogP contribution in [-0.4, -0.2) is 89.4 Å². The van der Waals surface area contributed by atoms with E-state index in [1.807, 2.05) is 0 Å². The molecule has 0 aromatic heterocycles. The summed E-state index contributed by atoms with van der Waals surface area (Å²) in [5.74, 6) is -4.50. The largest absolute Gasteiger partial charge is 0.480 e. The Morgan fingerprint density at radius 2 is 1.58 bits per heavy atom. The Kier molecular flexibility index (Phi) is 14.0. The summed E-state index contributed by atoms with van der Waals surface area (Å²) in [6.45, 7) is 2.60. The van der Waals surface area contributed by atoms with Crippen LogP contribution in [0.1, 0.15) is 38.7 Å². The SMILES string of the molecule is CC(C)C(NC(=O)CCN1C(=O)C=CC1=O)C(=O)NC(CCCNC(N)=O)C(=O)Nc1ccc(COC(=O)NCC(=O)O)cc1. The van der Waals surface area contributed by atoms with Gasteiger partial charge in [0.25, 0.3) is 11.8 Å². The number of carboxylic acid groups (broad SMARTS) is 1. The Bertz CT molecular complexity index is 1300. The molecule has 45 heavy (non-hydrogen) atoms. The smallest absolute Gasteiger partial charge is 0.407 e. The average molecular weight is 632 g/mol. The highest BCUT2D eigenvalue weighted by molar-refractivity contribution is 6.13. The quantitative estimate of drug-likeness (QED) is 0.0842. The minimum atomic E-state index is -1.22. The van der Waals surface area contributed by atoms with E-state index in [0.29, 0.717) is 11.3 Å². The van der Waals surface area contributed by atoms with Gasteiger partial charge in [-0.2, -0.15) is 0 Å². The van der Waals surface area contributed by atoms with Gasteiger partial charge in [0.05, 0.1) is 0 Å². The molecule has 0 spiro atoms. The van der Waals surface area contributed by atoms with Gasteiger partial charge >= 0.3 is 18.1 Å². The second-order valence-corrected chi connectivity index (χ2v) is 10.2. The Morgan fingerprint density at radius 3 is 2.16 bits per heavy atom. The molecule has 244 valence electrons. The van der Waals surface area contributed by atoms with Crippen LogP contribution in [0.25, 0.3) is 0 Å². The number of aliphatic carboxylic acids is 1. The second kappa shape index (κ2) is 17.6. The fourth-order valence-corrected chi connectivity index (χ4v) is 3.95. The number of primary amides is 1. The van der Waals surface area contributed by atoms with E-state index >= 15 is 0 Å². The molecule has 1 heterocycles. The van der Waals surface area contributed by atoms with Gasteiger partial charge in [0, 0.05) is 37.3 Å². The van der Waals surface area contributed by atoms with Crippen molar-refractivity contribution in [1.82, 2.24) is 26.2 Å². The third-order valence-corrected chi connectivity index (χ3v) is 6.31. The number of carbonyl (C=O) groups excluding carboxylic acids is 7. The number of ether oxygens (including phenoxy) is 1. The molecule has 0 saturated heterocycles. The second-order valence-electron chi connectivity index (χ2n) is 10.2. The van der Waals surface area contributed by atoms with Gasteiger partial charge in [-0.25, -0.2) is 9.59 Å². The van der Waals surface area contributed by atoms with Crippen LogP contribution in [0.4, 0.5) is 15.3 Å². The molecule has 2 atom stereocenters. The summed E-state index contributed by atoms with van der Waals surface area (Å²) >= 11 is 0. The number of hydrogen-bond donors (Lipinski definition) is 7. The zero-order valence-corrected chi connectivity index (χ0v) is 24.8. The van der Waals surface area contributed by atoms with Gasteiger partial charge in [0.15, 0.2) is 0 Å². The summed E-state index contributed by atoms with van der Waals surface area (Å²) in [4.78, 5) is 96.5. The highest BCUT2D eigenvalue weighted by Gasteiger charge is 2.30. The van der Waals surface area contributed by atoms with Gasteiger partial charge in [-0.1, -0.05) is 26.0 Å². The van der Waals surface area contributed by atoms with Crippen molar-refractivity contribution >= 4 is 53.3 Å². The van der Waals surface area contributed by atoms with Crippen LogP contribution in [0.15, 0.2) is 36.4 Å². The van der Waals surface area contributed by atoms with E-state index in [-0.39, 0.29) is 39.0 Å². The molecule has 2 rings (SSSR count). The first kappa shape index (κ1) is 35.7. The van der Waals surface area contributed by atoms with E-state index in [0.717, 1.165) is 17.1 Å². The fraction of sp³-hybridized carbons (Fsp3) is 0.429. The van der Waals surface area contributed by atoms with Crippen LogP contribution in [0.3, 0.4) is 0 Å². The van der Waals surface area contributed by atoms with Crippen molar-refractivity contribution in [3.8, 4) is 0 Å². The number of rotatable bonds is 17. The number of anilines is 1. The lowest BCUT2D eigenvalue weighted by atomic mass is 10.0. The lowest BCUT2D eigenvalue weighted by Gasteiger charge is -2.25. The third-order valence-electron chi connectivity index (χ3n) is 6.31. The van der Waals surface area contributed by atoms with Crippen LogP contribution in [0.2, 0.25) is 0 Å². The number of nitrogens with two attached hydrogens (primary N) is 1. The monoisotopic (exact) mass is 631 g/mol. The molecule has 17 heteroatoms. The zero-order chi connectivity index (χ0) is 33.5. The van der Waals surface area contributed by atoms with Crippen molar-refractivity contribution in [2.75, 3.05) is 25.0 Å². The molecule has 1 aromatic rings. The number of amides is 8. The average Bonchev–Trinajstić information content (AvgIpc) is 3.30. The molecule has 0 fully saturated rings. The van der Waals surface area contributed by atoms with Gasteiger partial charge in [0.1, 0.15) is 25.2 Å². The van der Waals surface area contributed by atoms with E-state index in [2.05, 4.69) is 26.6 Å². The van der Waals surface area contributed by atoms with Gasteiger partial charge in [0.2, 0.25) is 17.7 Å². The number of carboxylic acids is 1. The standard InChI is InChI=1S/C28H37N7O10/c1-16(2)24(34-20(36)11-13-35-21(37)9-10-22(35)38)26(42)33-19(4-3-12-30-27(29)43)25(41)32-18-7-5-17(6-8-18)15-45-28(44)31-14-23(39)40/h5-10,16,19,24H,3-4,11-15H2,1-2H3,(H,31,44)(H,32,41)(H,33,42)(H,34,36)(H,39,40)(H3,29,30,43). The van der Waals surface area contributed by atoms with Crippen LogP contribution in [-0.2, 0) is 40.1 Å². The van der Waals surface area contributed by atoms with Crippen molar-refractivity contribution in [1.29, 1.82) is 0 Å². The minimum absolute atomic E-state index is 0.0974. The molecular weight excluding hydrogens is 594 g/mol. The van der Waals surface area contributed by atoms with Crippen molar-refractivity contribution < 1.29 is 48.2 Å². The highest BCUT2D eigenvalue weighted by Crippen LogP contribution is 2.13. The summed E-state index contributed by atoms with van der Waals surface area (Å²) in [7, 11) is 0. The van der Waals surface area contributed by atoms with E-state index in [4.69, 9.17) is 15.6 Å². The summed E-state index contributed by atoms with van der Waals surface area (Å²) in [6, 6.07) is 3.30. The molecule has 1 aromatic carbocycles. The van der Waals surface area contributed by atoms with Gasteiger partial charge in [-0.15, -0.1) is 0 Å². The topological polar surface area (TPSA) is 255 Å². The van der Waals surface area contributed by atoms with Crippen molar-refractivity contribution in [2.24, 2.45) is 11.7 Å². The number of benzene rings is 1. The summed E-state index contributed by atoms with van der Waals surface area (Å²) in [5, 5.41) is 21.0. The number of imide groups is 1. The maximum absolute atomic E-state index is 13.2. The maximum atomic E-state index is 13.2. The first-order chi connectivity index (χ1) is 21.3. The minimum Gasteiger partial charge on any atom is -0.480 e. The van der Waals surface area contributed by atoms with Crippen molar-refractivity contribution in [3.05, 3.63) is 42.0 Å². The van der Waals surface area contributed by atoms with Crippen LogP contribution >= 0.6 is 0 Å². The normalized spacial score (nSPS) is 13.5. The molecule has 0 aliphatic carbocycles. The summed E-state index contributed by atoms with van der Waals surface area (Å²) in [5.41, 5.74) is 5.99. The molecule has 1 aliphatic heterocycles. The number of carbonyl (C=O) groups is 8. The molecule has 8 N–H and O–H groups in total. The Balaban J connectivity index is 2.01. The highest BCUT2D eigenvalue weighted by atomic mass is 16.5. The van der Waals surface area contributed by atoms with Gasteiger partial charge in [-0.3, -0.25) is 33.7 Å². The lowest BCUT2D eigenvalue weighted by molar-refractivity contribution is -0.138. The molecule has 1 aliphatic rings. The first-order valence-electron chi connectivity index (χ1n) is 14.0. The van der Waals surface area contributed by atoms with Gasteiger partial charge in [-0.05, 0) is 36.5 Å². The number of nitrogens with one attached hydrogen (secondary N) is 5. The lowest BCUT2D eigenvalue weighted by Crippen LogP contribution is -2.54. The predicted molar refractivity (Wildman–Crippen MR) is 157 cm³/mol. The van der Waals surface area contributed by atoms with E-state index < -0.39 is 72.2 Å². The molecule has 2 unspecified atom stereocenters. The zero-order valence-electron chi connectivity index (χ0n) is 24.8. The van der Waals surface area contributed by atoms with Gasteiger partial charge < -0.3 is 42.2 Å². The third kappa shape index (κ3) is 12.7. The molecular formula is C28H37N7O10. The Morgan fingerprint density at radius 1 is 0.933 bits per heavy atom. The van der Waals surface area contributed by atoms with E-state index in [9.17, 15) is 38.4 Å². The fourth-order valence-electron chi connectivity index (χ4n) is 3.95. The van der Waals surface area contributed by atoms with E-state index in [1.165, 1.54) is 12.1 Å². The summed E-state index contributed by atoms with van der Waals surface area (Å²) < 4.78 is 4.92. The molecule has 0 bridgehead atoms. The van der Waals surface area contributed by atoms with Crippen LogP contribution in [0, 0.1) is 5.92 Å². The number of nitrogens with zero attached hydrogens (tertiary/aromatic N) is 1. The first-order valence-corrected chi connectivity index (χ1v) is 14.0. The summed E-state index contributed by atoms with van der Waals surface area (Å²) in [6.07, 6.45) is 1.43. The molecule has 0 radical (unpaired) electrons. The molecule has 0 saturated carbocycles. The van der Waals surface area contributed by atoms with Crippen molar-refractivity contribution in [2.45, 2.75) is 51.8 Å². The van der Waals surface area contributed by atoms with Crippen LogP contribution < -0.4 is 32.3 Å². The van der Waals surface area contributed by atoms with Crippen molar-refractivity contribution in [3.63, 3.8) is 0 Å². The predicted octanol–water partition coefficient (Wildman–Crippen LogP) is -0.675. The molecule has 8 amide bonds. The number of hydrogen-bond acceptors (Lipinski definition) is 9. The Hall–Kier alpha value is -5.48. The maximum Gasteiger partial charge on any atom is 0.407 e.